The van der Waals surface area contributed by atoms with E-state index >= 15 is 0 Å². The molecule has 0 radical (unpaired) electrons. The van der Waals surface area contributed by atoms with Crippen molar-refractivity contribution in [2.45, 2.75) is 11.2 Å². The maximum absolute atomic E-state index is 13.5. The fourth-order valence-corrected chi connectivity index (χ4v) is 3.04. The van der Waals surface area contributed by atoms with Gasteiger partial charge in [0.1, 0.15) is 11.6 Å². The van der Waals surface area contributed by atoms with E-state index in [0.717, 1.165) is 17.7 Å². The van der Waals surface area contributed by atoms with Crippen molar-refractivity contribution >= 4 is 31.9 Å². The summed E-state index contributed by atoms with van der Waals surface area (Å²) in [5, 5.41) is 0. The maximum atomic E-state index is 13.5. The highest BCUT2D eigenvalue weighted by molar-refractivity contribution is 9.10. The highest BCUT2D eigenvalue weighted by Gasteiger charge is 2.17. The molecule has 2 aromatic rings. The standard InChI is InChI=1S/C15H11Br2F3O/c1-21-15-7-13(19)11(17)6-9(15)10(16)4-8-2-3-12(18)14(20)5-8/h2-3,5-7,10H,4H2,1H3. The van der Waals surface area contributed by atoms with Crippen LogP contribution in [0.15, 0.2) is 34.8 Å². The molecule has 0 aliphatic heterocycles. The van der Waals surface area contributed by atoms with Crippen LogP contribution in [0.3, 0.4) is 0 Å². The molecular weight excluding hydrogens is 413 g/mol. The molecule has 1 unspecified atom stereocenters. The number of rotatable bonds is 4. The average Bonchev–Trinajstić information content (AvgIpc) is 2.45. The lowest BCUT2D eigenvalue weighted by atomic mass is 10.0. The molecule has 0 saturated carbocycles. The number of halogens is 5. The lowest BCUT2D eigenvalue weighted by Gasteiger charge is -2.15. The first kappa shape index (κ1) is 16.4. The predicted molar refractivity (Wildman–Crippen MR) is 82.4 cm³/mol. The SMILES string of the molecule is COc1cc(F)c(Br)cc1C(Br)Cc1ccc(F)c(F)c1. The minimum atomic E-state index is -0.889. The lowest BCUT2D eigenvalue weighted by molar-refractivity contribution is 0.405. The van der Waals surface area contributed by atoms with Crippen molar-refractivity contribution in [3.8, 4) is 5.75 Å². The van der Waals surface area contributed by atoms with Crippen LogP contribution in [0.1, 0.15) is 16.0 Å². The van der Waals surface area contributed by atoms with Crippen LogP contribution >= 0.6 is 31.9 Å². The van der Waals surface area contributed by atoms with E-state index in [4.69, 9.17) is 4.74 Å². The molecule has 6 heteroatoms. The van der Waals surface area contributed by atoms with E-state index in [1.165, 1.54) is 19.2 Å². The highest BCUT2D eigenvalue weighted by Crippen LogP contribution is 2.37. The van der Waals surface area contributed by atoms with Crippen molar-refractivity contribution in [2.24, 2.45) is 0 Å². The van der Waals surface area contributed by atoms with Crippen molar-refractivity contribution in [2.75, 3.05) is 7.11 Å². The monoisotopic (exact) mass is 422 g/mol. The summed E-state index contributed by atoms with van der Waals surface area (Å²) in [4.78, 5) is -0.228. The Balaban J connectivity index is 2.29. The second kappa shape index (κ2) is 6.83. The molecule has 112 valence electrons. The molecule has 0 amide bonds. The van der Waals surface area contributed by atoms with Gasteiger partial charge in [-0.1, -0.05) is 22.0 Å². The number of alkyl halides is 1. The van der Waals surface area contributed by atoms with E-state index in [1.807, 2.05) is 0 Å². The fourth-order valence-electron chi connectivity index (χ4n) is 1.95. The molecule has 0 aromatic heterocycles. The van der Waals surface area contributed by atoms with Crippen LogP contribution in [-0.4, -0.2) is 7.11 Å². The van der Waals surface area contributed by atoms with Crippen LogP contribution in [0.4, 0.5) is 13.2 Å². The van der Waals surface area contributed by atoms with Crippen LogP contribution in [0.25, 0.3) is 0 Å². The van der Waals surface area contributed by atoms with E-state index in [-0.39, 0.29) is 4.83 Å². The van der Waals surface area contributed by atoms with Crippen LogP contribution in [0.2, 0.25) is 0 Å². The van der Waals surface area contributed by atoms with Crippen molar-refractivity contribution in [1.29, 1.82) is 0 Å². The molecule has 2 rings (SSSR count). The van der Waals surface area contributed by atoms with Gasteiger partial charge in [0.25, 0.3) is 0 Å². The van der Waals surface area contributed by atoms with E-state index in [1.54, 1.807) is 6.07 Å². The minimum Gasteiger partial charge on any atom is -0.496 e. The molecule has 0 aliphatic rings. The van der Waals surface area contributed by atoms with Crippen molar-refractivity contribution in [1.82, 2.24) is 0 Å². The zero-order valence-electron chi connectivity index (χ0n) is 11.0. The van der Waals surface area contributed by atoms with Crippen LogP contribution in [-0.2, 0) is 6.42 Å². The third-order valence-corrected chi connectivity index (χ3v) is 4.43. The largest absolute Gasteiger partial charge is 0.496 e. The van der Waals surface area contributed by atoms with Gasteiger partial charge < -0.3 is 4.74 Å². The first-order valence-corrected chi connectivity index (χ1v) is 7.74. The summed E-state index contributed by atoms with van der Waals surface area (Å²) in [6, 6.07) is 6.63. The Bertz CT molecular complexity index is 662. The van der Waals surface area contributed by atoms with Crippen molar-refractivity contribution < 1.29 is 17.9 Å². The minimum absolute atomic E-state index is 0.228. The quantitative estimate of drug-likeness (QED) is 0.585. The Labute approximate surface area is 137 Å². The summed E-state index contributed by atoms with van der Waals surface area (Å²) in [6.07, 6.45) is 0.408. The Morgan fingerprint density at radius 2 is 1.76 bits per heavy atom. The van der Waals surface area contributed by atoms with E-state index in [9.17, 15) is 13.2 Å². The van der Waals surface area contributed by atoms with Gasteiger partial charge in [0.2, 0.25) is 0 Å². The maximum Gasteiger partial charge on any atom is 0.159 e. The molecule has 0 heterocycles. The van der Waals surface area contributed by atoms with Crippen LogP contribution in [0.5, 0.6) is 5.75 Å². The number of ether oxygens (including phenoxy) is 1. The third kappa shape index (κ3) is 3.80. The normalized spacial score (nSPS) is 12.3. The molecule has 0 saturated heterocycles. The van der Waals surface area contributed by atoms with E-state index in [0.29, 0.717) is 22.2 Å². The van der Waals surface area contributed by atoms with Gasteiger partial charge in [-0.15, -0.1) is 0 Å². The number of hydrogen-bond acceptors (Lipinski definition) is 1. The summed E-state index contributed by atoms with van der Waals surface area (Å²) in [6.45, 7) is 0. The van der Waals surface area contributed by atoms with Gasteiger partial charge in [-0.05, 0) is 46.1 Å². The highest BCUT2D eigenvalue weighted by atomic mass is 79.9. The van der Waals surface area contributed by atoms with Gasteiger partial charge in [-0.2, -0.15) is 0 Å². The molecular formula is C15H11Br2F3O. The molecule has 0 N–H and O–H groups in total. The molecule has 1 atom stereocenters. The topological polar surface area (TPSA) is 9.23 Å². The van der Waals surface area contributed by atoms with Crippen LogP contribution < -0.4 is 4.74 Å². The molecule has 1 nitrogen and oxygen atoms in total. The molecule has 0 bridgehead atoms. The average molecular weight is 424 g/mol. The van der Waals surface area contributed by atoms with Gasteiger partial charge >= 0.3 is 0 Å². The smallest absolute Gasteiger partial charge is 0.159 e. The first-order valence-electron chi connectivity index (χ1n) is 6.03. The van der Waals surface area contributed by atoms with Gasteiger partial charge in [-0.25, -0.2) is 13.2 Å². The third-order valence-electron chi connectivity index (χ3n) is 3.01. The Kier molecular flexibility index (Phi) is 5.32. The second-order valence-electron chi connectivity index (χ2n) is 4.43. The van der Waals surface area contributed by atoms with Gasteiger partial charge in [-0.3, -0.25) is 0 Å². The summed E-state index contributed by atoms with van der Waals surface area (Å²) in [5.74, 6) is -1.81. The zero-order chi connectivity index (χ0) is 15.6. The van der Waals surface area contributed by atoms with Crippen molar-refractivity contribution in [3.05, 3.63) is 63.4 Å². The number of hydrogen-bond donors (Lipinski definition) is 0. The second-order valence-corrected chi connectivity index (χ2v) is 6.39. The fraction of sp³-hybridized carbons (Fsp3) is 0.200. The first-order chi connectivity index (χ1) is 9.92. The van der Waals surface area contributed by atoms with Gasteiger partial charge in [0, 0.05) is 16.5 Å². The van der Waals surface area contributed by atoms with E-state index in [2.05, 4.69) is 31.9 Å². The van der Waals surface area contributed by atoms with Crippen molar-refractivity contribution in [3.63, 3.8) is 0 Å². The summed E-state index contributed by atoms with van der Waals surface area (Å²) >= 11 is 6.60. The molecule has 21 heavy (non-hydrogen) atoms. The Morgan fingerprint density at radius 3 is 2.38 bits per heavy atom. The summed E-state index contributed by atoms with van der Waals surface area (Å²) in [7, 11) is 1.45. The lowest BCUT2D eigenvalue weighted by Crippen LogP contribution is -2.01. The molecule has 0 aliphatic carbocycles. The number of benzene rings is 2. The molecule has 0 spiro atoms. The number of methoxy groups -OCH3 is 1. The van der Waals surface area contributed by atoms with Gasteiger partial charge in [0.05, 0.1) is 11.6 Å². The Hall–Kier alpha value is -1.01. The summed E-state index contributed by atoms with van der Waals surface area (Å²) < 4.78 is 45.1. The molecule has 0 fully saturated rings. The van der Waals surface area contributed by atoms with Gasteiger partial charge in [0.15, 0.2) is 11.6 Å². The Morgan fingerprint density at radius 1 is 1.05 bits per heavy atom. The van der Waals surface area contributed by atoms with E-state index < -0.39 is 17.5 Å². The summed E-state index contributed by atoms with van der Waals surface area (Å²) in [5.41, 5.74) is 1.34. The molecule has 2 aromatic carbocycles. The predicted octanol–water partition coefficient (Wildman–Crippen LogP) is 5.55. The zero-order valence-corrected chi connectivity index (χ0v) is 14.1. The van der Waals surface area contributed by atoms with Crippen LogP contribution in [0, 0.1) is 17.5 Å².